The summed E-state index contributed by atoms with van der Waals surface area (Å²) in [6.45, 7) is 0.114. The summed E-state index contributed by atoms with van der Waals surface area (Å²) in [5.74, 6) is 0.923. The fourth-order valence-corrected chi connectivity index (χ4v) is 4.42. The highest BCUT2D eigenvalue weighted by molar-refractivity contribution is 8.00. The maximum absolute atomic E-state index is 12.0. The molecule has 5 nitrogen and oxygen atoms in total. The van der Waals surface area contributed by atoms with Crippen LogP contribution in [0.15, 0.2) is 22.5 Å². The van der Waals surface area contributed by atoms with Crippen molar-refractivity contribution in [3.05, 3.63) is 18.2 Å². The van der Waals surface area contributed by atoms with Crippen molar-refractivity contribution in [2.45, 2.75) is 4.34 Å². The van der Waals surface area contributed by atoms with E-state index in [0.29, 0.717) is 11.6 Å². The number of carbonyl (C=O) groups is 2. The molecule has 2 heterocycles. The number of nitrogens with zero attached hydrogens (tertiary/aromatic N) is 2. The highest BCUT2D eigenvalue weighted by atomic mass is 32.2. The van der Waals surface area contributed by atoms with Crippen molar-refractivity contribution >= 4 is 62.6 Å². The van der Waals surface area contributed by atoms with Crippen LogP contribution in [0.1, 0.15) is 0 Å². The zero-order chi connectivity index (χ0) is 14.8. The predicted octanol–water partition coefficient (Wildman–Crippen LogP) is 2.49. The van der Waals surface area contributed by atoms with Gasteiger partial charge in [-0.25, -0.2) is 4.98 Å². The van der Waals surface area contributed by atoms with Crippen LogP contribution in [0.3, 0.4) is 0 Å². The molecule has 1 saturated heterocycles. The first kappa shape index (κ1) is 14.7. The maximum Gasteiger partial charge on any atom is 0.244 e. The molecule has 2 aromatic rings. The number of nitrogens with one attached hydrogen (secondary N) is 1. The third-order valence-electron chi connectivity index (χ3n) is 2.99. The lowest BCUT2D eigenvalue weighted by molar-refractivity contribution is -0.130. The molecule has 2 amide bonds. The van der Waals surface area contributed by atoms with Crippen LogP contribution in [-0.2, 0) is 9.59 Å². The van der Waals surface area contributed by atoms with Crippen LogP contribution in [0.25, 0.3) is 10.2 Å². The summed E-state index contributed by atoms with van der Waals surface area (Å²) in [4.78, 5) is 29.5. The van der Waals surface area contributed by atoms with Crippen LogP contribution >= 0.6 is 34.9 Å². The van der Waals surface area contributed by atoms with Gasteiger partial charge in [-0.15, -0.1) is 23.1 Å². The molecular formula is C13H13N3O2S3. The topological polar surface area (TPSA) is 62.3 Å². The lowest BCUT2D eigenvalue weighted by Crippen LogP contribution is -2.34. The average molecular weight is 339 g/mol. The maximum atomic E-state index is 12.0. The Morgan fingerprint density at radius 1 is 1.52 bits per heavy atom. The Balaban J connectivity index is 1.69. The summed E-state index contributed by atoms with van der Waals surface area (Å²) in [7, 11) is 0. The molecule has 0 unspecified atom stereocenters. The summed E-state index contributed by atoms with van der Waals surface area (Å²) < 4.78 is 2.05. The molecule has 8 heteroatoms. The number of hydrogen-bond acceptors (Lipinski definition) is 6. The minimum Gasteiger partial charge on any atom is -0.324 e. The Bertz CT molecular complexity index is 701. The Labute approximate surface area is 134 Å². The van der Waals surface area contributed by atoms with E-state index < -0.39 is 0 Å². The van der Waals surface area contributed by atoms with Gasteiger partial charge in [0, 0.05) is 5.69 Å². The molecule has 1 aromatic carbocycles. The van der Waals surface area contributed by atoms with E-state index in [1.165, 1.54) is 11.8 Å². The molecular weight excluding hydrogens is 326 g/mol. The standard InChI is InChI=1S/C13H13N3O2S3/c1-19-13-15-9-3-2-8(4-10(9)21-13)14-11(17)5-16-7-20-6-12(16)18/h2-4H,5-7H2,1H3,(H,14,17). The molecule has 1 fully saturated rings. The van der Waals surface area contributed by atoms with Crippen LogP contribution < -0.4 is 5.32 Å². The lowest BCUT2D eigenvalue weighted by Gasteiger charge is -2.14. The number of benzene rings is 1. The molecule has 3 rings (SSSR count). The van der Waals surface area contributed by atoms with Crippen molar-refractivity contribution in [2.24, 2.45) is 0 Å². The summed E-state index contributed by atoms with van der Waals surface area (Å²) in [5, 5.41) is 2.84. The minimum atomic E-state index is -0.167. The number of rotatable bonds is 4. The number of anilines is 1. The SMILES string of the molecule is CSc1nc2ccc(NC(=O)CN3CSCC3=O)cc2s1. The highest BCUT2D eigenvalue weighted by Crippen LogP contribution is 2.30. The molecule has 0 saturated carbocycles. The largest absolute Gasteiger partial charge is 0.324 e. The van der Waals surface area contributed by atoms with Crippen molar-refractivity contribution < 1.29 is 9.59 Å². The number of aromatic nitrogens is 1. The second-order valence-electron chi connectivity index (χ2n) is 4.48. The molecule has 0 aliphatic carbocycles. The number of hydrogen-bond donors (Lipinski definition) is 1. The fraction of sp³-hybridized carbons (Fsp3) is 0.308. The van der Waals surface area contributed by atoms with E-state index in [2.05, 4.69) is 10.3 Å². The quantitative estimate of drug-likeness (QED) is 0.867. The molecule has 0 atom stereocenters. The third-order valence-corrected chi connectivity index (χ3v) is 5.94. The van der Waals surface area contributed by atoms with Crippen molar-refractivity contribution in [1.82, 2.24) is 9.88 Å². The van der Waals surface area contributed by atoms with Crippen LogP contribution in [-0.4, -0.2) is 46.1 Å². The van der Waals surface area contributed by atoms with Crippen molar-refractivity contribution in [2.75, 3.05) is 29.7 Å². The molecule has 1 aliphatic rings. The minimum absolute atomic E-state index is 0.0256. The van der Waals surface area contributed by atoms with E-state index in [0.717, 1.165) is 20.2 Å². The van der Waals surface area contributed by atoms with E-state index in [9.17, 15) is 9.59 Å². The summed E-state index contributed by atoms with van der Waals surface area (Å²) in [6.07, 6.45) is 1.99. The number of thiazole rings is 1. The second-order valence-corrected chi connectivity index (χ2v) is 7.52. The van der Waals surface area contributed by atoms with Gasteiger partial charge < -0.3 is 10.2 Å². The summed E-state index contributed by atoms with van der Waals surface area (Å²) in [6, 6.07) is 5.66. The summed E-state index contributed by atoms with van der Waals surface area (Å²) in [5.41, 5.74) is 1.68. The van der Waals surface area contributed by atoms with Crippen LogP contribution in [0.4, 0.5) is 5.69 Å². The Morgan fingerprint density at radius 3 is 3.10 bits per heavy atom. The van der Waals surface area contributed by atoms with E-state index >= 15 is 0 Å². The van der Waals surface area contributed by atoms with Gasteiger partial charge in [0.2, 0.25) is 11.8 Å². The second kappa shape index (κ2) is 6.25. The molecule has 0 spiro atoms. The fourth-order valence-electron chi connectivity index (χ4n) is 1.98. The number of carbonyl (C=O) groups excluding carboxylic acids is 2. The molecule has 110 valence electrons. The molecule has 1 aliphatic heterocycles. The molecule has 1 N–H and O–H groups in total. The van der Waals surface area contributed by atoms with Gasteiger partial charge in [-0.05, 0) is 24.5 Å². The van der Waals surface area contributed by atoms with Crippen LogP contribution in [0, 0.1) is 0 Å². The van der Waals surface area contributed by atoms with Crippen molar-refractivity contribution in [3.8, 4) is 0 Å². The molecule has 1 aromatic heterocycles. The summed E-state index contributed by atoms with van der Waals surface area (Å²) >= 11 is 4.75. The van der Waals surface area contributed by atoms with Crippen molar-refractivity contribution in [1.29, 1.82) is 0 Å². The average Bonchev–Trinajstić information content (AvgIpc) is 3.05. The molecule has 21 heavy (non-hydrogen) atoms. The van der Waals surface area contributed by atoms with Gasteiger partial charge in [0.25, 0.3) is 0 Å². The number of thioether (sulfide) groups is 2. The third kappa shape index (κ3) is 3.33. The van der Waals surface area contributed by atoms with Gasteiger partial charge in [0.1, 0.15) is 6.54 Å². The Hall–Kier alpha value is -1.25. The van der Waals surface area contributed by atoms with Gasteiger partial charge in [-0.2, -0.15) is 0 Å². The number of amides is 2. The van der Waals surface area contributed by atoms with E-state index in [-0.39, 0.29) is 18.4 Å². The first-order valence-electron chi connectivity index (χ1n) is 6.25. The van der Waals surface area contributed by atoms with Crippen molar-refractivity contribution in [3.63, 3.8) is 0 Å². The Morgan fingerprint density at radius 2 is 2.38 bits per heavy atom. The smallest absolute Gasteiger partial charge is 0.244 e. The molecule has 0 radical (unpaired) electrons. The molecule has 0 bridgehead atoms. The predicted molar refractivity (Wildman–Crippen MR) is 89.1 cm³/mol. The highest BCUT2D eigenvalue weighted by Gasteiger charge is 2.22. The van der Waals surface area contributed by atoms with Gasteiger partial charge in [-0.1, -0.05) is 11.8 Å². The van der Waals surface area contributed by atoms with E-state index in [1.807, 2.05) is 24.5 Å². The van der Waals surface area contributed by atoms with Gasteiger partial charge in [0.15, 0.2) is 4.34 Å². The Kier molecular flexibility index (Phi) is 4.37. The normalized spacial score (nSPS) is 14.9. The number of fused-ring (bicyclic) bond motifs is 1. The first-order valence-corrected chi connectivity index (χ1v) is 9.45. The van der Waals surface area contributed by atoms with Crippen LogP contribution in [0.5, 0.6) is 0 Å². The van der Waals surface area contributed by atoms with Gasteiger partial charge >= 0.3 is 0 Å². The van der Waals surface area contributed by atoms with Gasteiger partial charge in [-0.3, -0.25) is 9.59 Å². The zero-order valence-electron chi connectivity index (χ0n) is 11.3. The monoisotopic (exact) mass is 339 g/mol. The van der Waals surface area contributed by atoms with E-state index in [4.69, 9.17) is 0 Å². The zero-order valence-corrected chi connectivity index (χ0v) is 13.7. The van der Waals surface area contributed by atoms with Crippen LogP contribution in [0.2, 0.25) is 0 Å². The van der Waals surface area contributed by atoms with Gasteiger partial charge in [0.05, 0.1) is 21.8 Å². The van der Waals surface area contributed by atoms with E-state index in [1.54, 1.807) is 28.0 Å². The first-order chi connectivity index (χ1) is 10.2. The lowest BCUT2D eigenvalue weighted by atomic mass is 10.3.